The Labute approximate surface area is 193 Å². The van der Waals surface area contributed by atoms with Crippen molar-refractivity contribution in [2.24, 2.45) is 0 Å². The third-order valence-electron chi connectivity index (χ3n) is 4.86. The maximum Gasteiger partial charge on any atom is 0.243 e. The fourth-order valence-electron chi connectivity index (χ4n) is 3.41. The molecule has 3 rings (SSSR count). The summed E-state index contributed by atoms with van der Waals surface area (Å²) in [7, 11) is -4.05. The van der Waals surface area contributed by atoms with Crippen LogP contribution in [0.5, 0.6) is 0 Å². The first kappa shape index (κ1) is 24.2. The molecule has 0 aliphatic rings. The molecule has 8 nitrogen and oxygen atoms in total. The Kier molecular flexibility index (Phi) is 7.67. The molecule has 0 radical (unpaired) electrons. The number of benzene rings is 2. The van der Waals surface area contributed by atoms with Crippen molar-refractivity contribution in [3.8, 4) is 0 Å². The van der Waals surface area contributed by atoms with Crippen molar-refractivity contribution in [1.82, 2.24) is 4.31 Å². The summed E-state index contributed by atoms with van der Waals surface area (Å²) < 4.78 is 33.4. The number of hydrogen-bond donors (Lipinski definition) is 1. The van der Waals surface area contributed by atoms with Gasteiger partial charge in [0.1, 0.15) is 5.76 Å². The molecule has 1 N–H and O–H groups in total. The van der Waals surface area contributed by atoms with E-state index in [2.05, 4.69) is 5.32 Å². The summed E-state index contributed by atoms with van der Waals surface area (Å²) in [5, 5.41) is 2.60. The van der Waals surface area contributed by atoms with E-state index >= 15 is 0 Å². The molecule has 0 bridgehead atoms. The number of anilines is 2. The molecule has 3 aromatic rings. The molecule has 0 saturated carbocycles. The van der Waals surface area contributed by atoms with Crippen LogP contribution in [0.15, 0.2) is 82.3 Å². The van der Waals surface area contributed by atoms with E-state index in [0.29, 0.717) is 17.1 Å². The summed E-state index contributed by atoms with van der Waals surface area (Å²) in [6.07, 6.45) is 1.45. The molecule has 0 saturated heterocycles. The second-order valence-electron chi connectivity index (χ2n) is 7.75. The quantitative estimate of drug-likeness (QED) is 0.513. The molecule has 0 atom stereocenters. The summed E-state index contributed by atoms with van der Waals surface area (Å²) in [6, 6.07) is 18.1. The van der Waals surface area contributed by atoms with Gasteiger partial charge in [-0.25, -0.2) is 8.42 Å². The van der Waals surface area contributed by atoms with Crippen LogP contribution >= 0.6 is 0 Å². The molecule has 0 fully saturated rings. The second kappa shape index (κ2) is 10.5. The summed E-state index contributed by atoms with van der Waals surface area (Å²) >= 11 is 0. The maximum atomic E-state index is 13.5. The molecule has 0 aliphatic heterocycles. The van der Waals surface area contributed by atoms with Gasteiger partial charge >= 0.3 is 0 Å². The largest absolute Gasteiger partial charge is 0.468 e. The zero-order valence-electron chi connectivity index (χ0n) is 18.8. The van der Waals surface area contributed by atoms with Gasteiger partial charge in [0, 0.05) is 24.3 Å². The molecule has 2 aromatic carbocycles. The number of para-hydroxylation sites is 1. The number of carbonyl (C=O) groups is 2. The molecule has 2 amide bonds. The number of nitrogens with one attached hydrogen (secondary N) is 1. The standard InChI is InChI=1S/C24H27N3O5S/c1-18(2)27(21-8-5-4-6-9-21)24(29)17-26(16-22-10-7-15-32-22)33(30,31)23-13-11-20(12-14-23)25-19(3)28/h4-15,18H,16-17H2,1-3H3,(H,25,28). The van der Waals surface area contributed by atoms with Gasteiger partial charge in [-0.1, -0.05) is 18.2 Å². The Morgan fingerprint density at radius 1 is 0.970 bits per heavy atom. The Bertz CT molecular complexity index is 1170. The number of amides is 2. The minimum atomic E-state index is -4.05. The van der Waals surface area contributed by atoms with Crippen LogP contribution in [0.25, 0.3) is 0 Å². The summed E-state index contributed by atoms with van der Waals surface area (Å²) in [4.78, 5) is 26.1. The Balaban J connectivity index is 1.92. The number of carbonyl (C=O) groups excluding carboxylic acids is 2. The van der Waals surface area contributed by atoms with E-state index in [-0.39, 0.29) is 35.8 Å². The monoisotopic (exact) mass is 469 g/mol. The number of rotatable bonds is 9. The minimum Gasteiger partial charge on any atom is -0.468 e. The lowest BCUT2D eigenvalue weighted by Crippen LogP contribution is -2.45. The van der Waals surface area contributed by atoms with Gasteiger partial charge in [-0.2, -0.15) is 4.31 Å². The van der Waals surface area contributed by atoms with Gasteiger partial charge in [-0.05, 0) is 62.4 Å². The van der Waals surface area contributed by atoms with Crippen LogP contribution in [-0.2, 0) is 26.2 Å². The van der Waals surface area contributed by atoms with E-state index < -0.39 is 10.0 Å². The van der Waals surface area contributed by atoms with Crippen LogP contribution in [0.1, 0.15) is 26.5 Å². The SMILES string of the molecule is CC(=O)Nc1ccc(S(=O)(=O)N(CC(=O)N(c2ccccc2)C(C)C)Cc2ccco2)cc1. The van der Waals surface area contributed by atoms with Gasteiger partial charge < -0.3 is 14.6 Å². The lowest BCUT2D eigenvalue weighted by atomic mass is 10.2. The lowest BCUT2D eigenvalue weighted by molar-refractivity contribution is -0.119. The molecule has 174 valence electrons. The molecule has 1 heterocycles. The van der Waals surface area contributed by atoms with Crippen molar-refractivity contribution >= 4 is 33.2 Å². The van der Waals surface area contributed by atoms with Crippen molar-refractivity contribution in [3.63, 3.8) is 0 Å². The number of hydrogen-bond acceptors (Lipinski definition) is 5. The Hall–Kier alpha value is -3.43. The van der Waals surface area contributed by atoms with Crippen LogP contribution in [0.4, 0.5) is 11.4 Å². The summed E-state index contributed by atoms with van der Waals surface area (Å²) in [5.74, 6) is -0.205. The number of nitrogens with zero attached hydrogens (tertiary/aromatic N) is 2. The predicted octanol–water partition coefficient (Wildman–Crippen LogP) is 3.87. The molecule has 9 heteroatoms. The van der Waals surface area contributed by atoms with Crippen molar-refractivity contribution in [2.45, 2.75) is 38.3 Å². The smallest absolute Gasteiger partial charge is 0.243 e. The van der Waals surface area contributed by atoms with E-state index in [4.69, 9.17) is 4.42 Å². The van der Waals surface area contributed by atoms with Crippen LogP contribution < -0.4 is 10.2 Å². The normalized spacial score (nSPS) is 11.5. The highest BCUT2D eigenvalue weighted by Crippen LogP contribution is 2.23. The minimum absolute atomic E-state index is 0.00627. The van der Waals surface area contributed by atoms with Gasteiger partial charge in [0.25, 0.3) is 0 Å². The van der Waals surface area contributed by atoms with E-state index in [0.717, 1.165) is 4.31 Å². The molecule has 0 aliphatic carbocycles. The molecule has 0 unspecified atom stereocenters. The first-order valence-electron chi connectivity index (χ1n) is 10.5. The highest BCUT2D eigenvalue weighted by molar-refractivity contribution is 7.89. The van der Waals surface area contributed by atoms with Crippen molar-refractivity contribution in [1.29, 1.82) is 0 Å². The topological polar surface area (TPSA) is 99.9 Å². The van der Waals surface area contributed by atoms with Crippen LogP contribution in [0.2, 0.25) is 0 Å². The predicted molar refractivity (Wildman–Crippen MR) is 126 cm³/mol. The van der Waals surface area contributed by atoms with E-state index in [1.54, 1.807) is 17.0 Å². The maximum absolute atomic E-state index is 13.5. The van der Waals surface area contributed by atoms with Crippen LogP contribution in [0.3, 0.4) is 0 Å². The van der Waals surface area contributed by atoms with Crippen molar-refractivity contribution in [2.75, 3.05) is 16.8 Å². The average Bonchev–Trinajstić information content (AvgIpc) is 3.27. The molecule has 33 heavy (non-hydrogen) atoms. The van der Waals surface area contributed by atoms with Gasteiger partial charge in [0.15, 0.2) is 0 Å². The van der Waals surface area contributed by atoms with Gasteiger partial charge in [0.05, 0.1) is 24.2 Å². The summed E-state index contributed by atoms with van der Waals surface area (Å²) in [5.41, 5.74) is 1.16. The Morgan fingerprint density at radius 3 is 2.18 bits per heavy atom. The summed E-state index contributed by atoms with van der Waals surface area (Å²) in [6.45, 7) is 4.64. The fourth-order valence-corrected chi connectivity index (χ4v) is 4.77. The zero-order chi connectivity index (χ0) is 24.0. The molecule has 1 aromatic heterocycles. The molecular weight excluding hydrogens is 442 g/mol. The van der Waals surface area contributed by atoms with E-state index in [9.17, 15) is 18.0 Å². The molecular formula is C24H27N3O5S. The lowest BCUT2D eigenvalue weighted by Gasteiger charge is -2.30. The third-order valence-corrected chi connectivity index (χ3v) is 6.66. The van der Waals surface area contributed by atoms with Crippen LogP contribution in [-0.4, -0.2) is 37.1 Å². The first-order valence-corrected chi connectivity index (χ1v) is 11.9. The van der Waals surface area contributed by atoms with Gasteiger partial charge in [-0.15, -0.1) is 0 Å². The number of sulfonamides is 1. The van der Waals surface area contributed by atoms with Crippen molar-refractivity contribution < 1.29 is 22.4 Å². The average molecular weight is 470 g/mol. The molecule has 0 spiro atoms. The second-order valence-corrected chi connectivity index (χ2v) is 9.69. The third kappa shape index (κ3) is 6.09. The highest BCUT2D eigenvalue weighted by atomic mass is 32.2. The zero-order valence-corrected chi connectivity index (χ0v) is 19.6. The van der Waals surface area contributed by atoms with Gasteiger partial charge in [-0.3, -0.25) is 9.59 Å². The fraction of sp³-hybridized carbons (Fsp3) is 0.250. The van der Waals surface area contributed by atoms with E-state index in [1.165, 1.54) is 37.5 Å². The van der Waals surface area contributed by atoms with E-state index in [1.807, 2.05) is 44.2 Å². The Morgan fingerprint density at radius 2 is 1.64 bits per heavy atom. The number of furan rings is 1. The van der Waals surface area contributed by atoms with Gasteiger partial charge in [0.2, 0.25) is 21.8 Å². The first-order chi connectivity index (χ1) is 15.7. The highest BCUT2D eigenvalue weighted by Gasteiger charge is 2.30. The van der Waals surface area contributed by atoms with Crippen LogP contribution in [0, 0.1) is 0 Å². The van der Waals surface area contributed by atoms with Crippen molar-refractivity contribution in [3.05, 3.63) is 78.8 Å².